The lowest BCUT2D eigenvalue weighted by molar-refractivity contribution is -0.138. The van der Waals surface area contributed by atoms with Gasteiger partial charge < -0.3 is 5.11 Å². The monoisotopic (exact) mass is 314 g/mol. The van der Waals surface area contributed by atoms with E-state index in [4.69, 9.17) is 5.11 Å². The number of nitrogens with zero attached hydrogens (tertiary/aromatic N) is 2. The number of aliphatic carboxylic acids is 1. The third kappa shape index (κ3) is 2.70. The number of carboxylic acids is 1. The smallest absolute Gasteiger partial charge is 0.317 e. The fourth-order valence-corrected chi connectivity index (χ4v) is 4.47. The van der Waals surface area contributed by atoms with Crippen LogP contribution < -0.4 is 0 Å². The molecule has 2 aliphatic rings. The fourth-order valence-electron chi connectivity index (χ4n) is 4.47. The maximum Gasteiger partial charge on any atom is 0.317 e. The van der Waals surface area contributed by atoms with E-state index in [0.29, 0.717) is 17.8 Å². The molecule has 3 atom stereocenters. The first-order chi connectivity index (χ1) is 11.1. The van der Waals surface area contributed by atoms with Crippen molar-refractivity contribution in [3.63, 3.8) is 0 Å². The largest absolute Gasteiger partial charge is 0.480 e. The minimum atomic E-state index is -0.753. The Hall–Kier alpha value is -2.01. The average molecular weight is 314 g/mol. The van der Waals surface area contributed by atoms with Crippen molar-refractivity contribution in [3.05, 3.63) is 41.8 Å². The molecule has 23 heavy (non-hydrogen) atoms. The lowest BCUT2D eigenvalue weighted by Crippen LogP contribution is -2.28. The van der Waals surface area contributed by atoms with Gasteiger partial charge in [0.25, 0.3) is 0 Å². The maximum atomic E-state index is 13.6. The fraction of sp³-hybridized carbons (Fsp3) is 0.444. The van der Waals surface area contributed by atoms with Crippen LogP contribution in [-0.4, -0.2) is 40.6 Å². The Labute approximate surface area is 133 Å². The van der Waals surface area contributed by atoms with Gasteiger partial charge in [0.05, 0.1) is 12.1 Å². The highest BCUT2D eigenvalue weighted by atomic mass is 19.1. The molecule has 1 unspecified atom stereocenters. The molecule has 1 saturated carbocycles. The summed E-state index contributed by atoms with van der Waals surface area (Å²) in [4.78, 5) is 17.2. The van der Waals surface area contributed by atoms with Crippen LogP contribution in [0.15, 0.2) is 30.5 Å². The van der Waals surface area contributed by atoms with Gasteiger partial charge in [-0.2, -0.15) is 0 Å². The van der Waals surface area contributed by atoms with Gasteiger partial charge in [-0.3, -0.25) is 14.7 Å². The third-order valence-electron chi connectivity index (χ3n) is 5.36. The van der Waals surface area contributed by atoms with Crippen molar-refractivity contribution in [2.24, 2.45) is 11.8 Å². The van der Waals surface area contributed by atoms with Crippen LogP contribution in [0, 0.1) is 17.7 Å². The van der Waals surface area contributed by atoms with Gasteiger partial charge in [0.2, 0.25) is 0 Å². The molecule has 1 aromatic heterocycles. The second-order valence-electron chi connectivity index (χ2n) is 6.84. The molecule has 1 aliphatic heterocycles. The predicted molar refractivity (Wildman–Crippen MR) is 84.7 cm³/mol. The van der Waals surface area contributed by atoms with E-state index >= 15 is 0 Å². The number of carbonyl (C=O) groups is 1. The summed E-state index contributed by atoms with van der Waals surface area (Å²) >= 11 is 0. The predicted octanol–water partition coefficient (Wildman–Crippen LogP) is 2.88. The first-order valence-electron chi connectivity index (χ1n) is 8.08. The van der Waals surface area contributed by atoms with Crippen molar-refractivity contribution in [1.29, 1.82) is 0 Å². The topological polar surface area (TPSA) is 53.4 Å². The second kappa shape index (κ2) is 5.57. The number of carboxylic acid groups (broad SMARTS) is 1. The third-order valence-corrected chi connectivity index (χ3v) is 5.36. The summed E-state index contributed by atoms with van der Waals surface area (Å²) in [5.41, 5.74) is 2.03. The number of hydrogen-bond acceptors (Lipinski definition) is 3. The molecule has 2 aromatic rings. The van der Waals surface area contributed by atoms with Crippen LogP contribution in [0.25, 0.3) is 10.9 Å². The molecule has 0 spiro atoms. The molecule has 1 aliphatic carbocycles. The zero-order valence-corrected chi connectivity index (χ0v) is 12.8. The minimum absolute atomic E-state index is 0.140. The van der Waals surface area contributed by atoms with Gasteiger partial charge in [-0.1, -0.05) is 0 Å². The second-order valence-corrected chi connectivity index (χ2v) is 6.84. The molecule has 4 rings (SSSR count). The van der Waals surface area contributed by atoms with Crippen LogP contribution in [0.2, 0.25) is 0 Å². The number of aromatic nitrogens is 1. The molecule has 2 fully saturated rings. The molecule has 1 saturated heterocycles. The van der Waals surface area contributed by atoms with Crippen molar-refractivity contribution >= 4 is 16.9 Å². The Morgan fingerprint density at radius 3 is 2.70 bits per heavy atom. The Bertz CT molecular complexity index is 750. The first kappa shape index (κ1) is 14.6. The van der Waals surface area contributed by atoms with Crippen molar-refractivity contribution in [3.8, 4) is 0 Å². The molecule has 1 N–H and O–H groups in total. The SMILES string of the molecule is O=C(O)CN1C[C@H]2CC(c3ccnc4ccc(F)cc34)C[C@H]2C1. The molecule has 4 nitrogen and oxygen atoms in total. The standard InChI is InChI=1S/C18H19FN2O2/c19-14-1-2-17-16(7-14)15(3-4-20-17)11-5-12-8-21(10-18(22)23)9-13(12)6-11/h1-4,7,11-13H,5-6,8-10H2,(H,22,23)/t11?,12-,13+. The zero-order chi connectivity index (χ0) is 16.0. The number of halogens is 1. The maximum absolute atomic E-state index is 13.6. The van der Waals surface area contributed by atoms with E-state index in [1.165, 1.54) is 11.6 Å². The van der Waals surface area contributed by atoms with E-state index in [-0.39, 0.29) is 12.4 Å². The van der Waals surface area contributed by atoms with E-state index in [2.05, 4.69) is 4.98 Å². The van der Waals surface area contributed by atoms with E-state index in [9.17, 15) is 9.18 Å². The summed E-state index contributed by atoms with van der Waals surface area (Å²) in [5, 5.41) is 9.84. The molecular formula is C18H19FN2O2. The highest BCUT2D eigenvalue weighted by Gasteiger charge is 2.41. The van der Waals surface area contributed by atoms with Gasteiger partial charge in [-0.05, 0) is 60.4 Å². The summed E-state index contributed by atoms with van der Waals surface area (Å²) < 4.78 is 13.6. The molecule has 120 valence electrons. The Balaban J connectivity index is 1.56. The first-order valence-corrected chi connectivity index (χ1v) is 8.08. The van der Waals surface area contributed by atoms with E-state index < -0.39 is 5.97 Å². The van der Waals surface area contributed by atoms with Crippen LogP contribution in [0.1, 0.15) is 24.3 Å². The van der Waals surface area contributed by atoms with E-state index in [0.717, 1.165) is 36.8 Å². The number of likely N-dealkylation sites (tertiary alicyclic amines) is 1. The zero-order valence-electron chi connectivity index (χ0n) is 12.8. The van der Waals surface area contributed by atoms with Crippen LogP contribution >= 0.6 is 0 Å². The van der Waals surface area contributed by atoms with Gasteiger partial charge >= 0.3 is 5.97 Å². The normalized spacial score (nSPS) is 27.4. The number of rotatable bonds is 3. The van der Waals surface area contributed by atoms with Crippen LogP contribution in [0.3, 0.4) is 0 Å². The van der Waals surface area contributed by atoms with Gasteiger partial charge in [-0.15, -0.1) is 0 Å². The quantitative estimate of drug-likeness (QED) is 0.946. The van der Waals surface area contributed by atoms with Gasteiger partial charge in [0.15, 0.2) is 0 Å². The Kier molecular flexibility index (Phi) is 3.53. The van der Waals surface area contributed by atoms with Crippen molar-refractivity contribution in [1.82, 2.24) is 9.88 Å². The van der Waals surface area contributed by atoms with Gasteiger partial charge in [-0.25, -0.2) is 4.39 Å². The Morgan fingerprint density at radius 2 is 2.00 bits per heavy atom. The summed E-state index contributed by atoms with van der Waals surface area (Å²) in [6.45, 7) is 1.87. The molecule has 0 radical (unpaired) electrons. The molecule has 0 bridgehead atoms. The van der Waals surface area contributed by atoms with E-state index in [1.54, 1.807) is 18.3 Å². The van der Waals surface area contributed by atoms with Crippen molar-refractivity contribution in [2.75, 3.05) is 19.6 Å². The van der Waals surface area contributed by atoms with Crippen LogP contribution in [-0.2, 0) is 4.79 Å². The summed E-state index contributed by atoms with van der Waals surface area (Å²) in [6.07, 6.45) is 3.91. The number of pyridine rings is 1. The van der Waals surface area contributed by atoms with Gasteiger partial charge in [0.1, 0.15) is 5.82 Å². The van der Waals surface area contributed by atoms with Crippen LogP contribution in [0.4, 0.5) is 4.39 Å². The molecule has 2 heterocycles. The summed E-state index contributed by atoms with van der Waals surface area (Å²) in [6, 6.07) is 6.79. The molecule has 0 amide bonds. The number of benzene rings is 1. The highest BCUT2D eigenvalue weighted by Crippen LogP contribution is 2.47. The summed E-state index contributed by atoms with van der Waals surface area (Å²) in [5.74, 6) is 0.547. The molecule has 1 aromatic carbocycles. The lowest BCUT2D eigenvalue weighted by atomic mass is 9.93. The summed E-state index contributed by atoms with van der Waals surface area (Å²) in [7, 11) is 0. The van der Waals surface area contributed by atoms with Gasteiger partial charge in [0, 0.05) is 24.7 Å². The lowest BCUT2D eigenvalue weighted by Gasteiger charge is -2.18. The molecular weight excluding hydrogens is 295 g/mol. The Morgan fingerprint density at radius 1 is 1.26 bits per heavy atom. The minimum Gasteiger partial charge on any atom is -0.480 e. The number of fused-ring (bicyclic) bond motifs is 2. The average Bonchev–Trinajstić information content (AvgIpc) is 3.04. The van der Waals surface area contributed by atoms with E-state index in [1.807, 2.05) is 11.0 Å². The number of hydrogen-bond donors (Lipinski definition) is 1. The van der Waals surface area contributed by atoms with Crippen LogP contribution in [0.5, 0.6) is 0 Å². The van der Waals surface area contributed by atoms with Crippen molar-refractivity contribution in [2.45, 2.75) is 18.8 Å². The highest BCUT2D eigenvalue weighted by molar-refractivity contribution is 5.82. The molecule has 5 heteroatoms. The van der Waals surface area contributed by atoms with Crippen molar-refractivity contribution < 1.29 is 14.3 Å².